The van der Waals surface area contributed by atoms with Crippen LogP contribution in [0.3, 0.4) is 0 Å². The number of amides is 3. The molecular weight excluding hydrogens is 404 g/mol. The molecule has 1 heterocycles. The highest BCUT2D eigenvalue weighted by Gasteiger charge is 2.19. The van der Waals surface area contributed by atoms with Crippen LogP contribution in [0.4, 0.5) is 10.5 Å². The predicted molar refractivity (Wildman–Crippen MR) is 118 cm³/mol. The number of nitrogens with two attached hydrogens (primary N) is 1. The van der Waals surface area contributed by atoms with Crippen molar-refractivity contribution in [2.45, 2.75) is 13.0 Å². The molecule has 0 spiro atoms. The third kappa shape index (κ3) is 5.95. The molecule has 1 aliphatic rings. The van der Waals surface area contributed by atoms with Crippen LogP contribution >= 0.6 is 11.6 Å². The molecule has 3 rings (SSSR count). The van der Waals surface area contributed by atoms with Gasteiger partial charge in [0.25, 0.3) is 5.91 Å². The zero-order chi connectivity index (χ0) is 21.3. The average molecular weight is 431 g/mol. The molecule has 160 valence electrons. The summed E-state index contributed by atoms with van der Waals surface area (Å²) in [7, 11) is 0. The maximum Gasteiger partial charge on any atom is 0.321 e. The lowest BCUT2D eigenvalue weighted by atomic mass is 10.1. The van der Waals surface area contributed by atoms with Crippen molar-refractivity contribution in [1.29, 1.82) is 0 Å². The van der Waals surface area contributed by atoms with Crippen LogP contribution < -0.4 is 11.1 Å². The number of ether oxygens (including phenoxy) is 1. The highest BCUT2D eigenvalue weighted by Crippen LogP contribution is 2.23. The van der Waals surface area contributed by atoms with Gasteiger partial charge < -0.3 is 25.6 Å². The number of rotatable bonds is 7. The average Bonchev–Trinajstić information content (AvgIpc) is 2.79. The summed E-state index contributed by atoms with van der Waals surface area (Å²) < 4.78 is 5.28. The van der Waals surface area contributed by atoms with Crippen molar-refractivity contribution in [2.75, 3.05) is 44.7 Å². The monoisotopic (exact) mass is 430 g/mol. The van der Waals surface area contributed by atoms with Gasteiger partial charge in [-0.3, -0.25) is 4.79 Å². The SMILES string of the molecule is NCCCN(Cc1cc(NC(=O)N2CCOCC2)ccc1Cl)C(=O)c1ccccc1. The predicted octanol–water partition coefficient (Wildman–Crippen LogP) is 3.20. The molecule has 1 fully saturated rings. The minimum absolute atomic E-state index is 0.0807. The van der Waals surface area contributed by atoms with Gasteiger partial charge >= 0.3 is 6.03 Å². The quantitative estimate of drug-likeness (QED) is 0.706. The molecule has 1 saturated heterocycles. The van der Waals surface area contributed by atoms with E-state index < -0.39 is 0 Å². The second-order valence-electron chi connectivity index (χ2n) is 7.07. The number of carbonyl (C=O) groups is 2. The Balaban J connectivity index is 1.74. The van der Waals surface area contributed by atoms with E-state index in [9.17, 15) is 9.59 Å². The van der Waals surface area contributed by atoms with Crippen molar-refractivity contribution in [2.24, 2.45) is 5.73 Å². The van der Waals surface area contributed by atoms with Gasteiger partial charge in [0.15, 0.2) is 0 Å². The number of nitrogens with zero attached hydrogens (tertiary/aromatic N) is 2. The van der Waals surface area contributed by atoms with E-state index in [1.165, 1.54) is 0 Å². The van der Waals surface area contributed by atoms with Crippen LogP contribution in [0.25, 0.3) is 0 Å². The van der Waals surface area contributed by atoms with Gasteiger partial charge in [-0.25, -0.2) is 4.79 Å². The Morgan fingerprint density at radius 2 is 1.87 bits per heavy atom. The van der Waals surface area contributed by atoms with E-state index in [0.717, 1.165) is 5.56 Å². The molecule has 7 nitrogen and oxygen atoms in total. The van der Waals surface area contributed by atoms with E-state index >= 15 is 0 Å². The maximum absolute atomic E-state index is 13.0. The van der Waals surface area contributed by atoms with Gasteiger partial charge in [-0.2, -0.15) is 0 Å². The molecule has 3 N–H and O–H groups in total. The summed E-state index contributed by atoms with van der Waals surface area (Å²) in [5.41, 5.74) is 7.67. The van der Waals surface area contributed by atoms with E-state index in [1.54, 1.807) is 34.1 Å². The van der Waals surface area contributed by atoms with E-state index in [1.807, 2.05) is 24.3 Å². The fraction of sp³-hybridized carbons (Fsp3) is 0.364. The van der Waals surface area contributed by atoms with Crippen LogP contribution in [-0.4, -0.2) is 61.1 Å². The fourth-order valence-electron chi connectivity index (χ4n) is 3.25. The molecule has 0 atom stereocenters. The standard InChI is InChI=1S/C22H27ClN4O3/c23-20-8-7-19(25-22(29)26-11-13-30-14-12-26)15-18(20)16-27(10-4-9-24)21(28)17-5-2-1-3-6-17/h1-3,5-8,15H,4,9-14,16,24H2,(H,25,29). The van der Waals surface area contributed by atoms with Crippen molar-refractivity contribution in [3.63, 3.8) is 0 Å². The zero-order valence-corrected chi connectivity index (χ0v) is 17.6. The van der Waals surface area contributed by atoms with Crippen LogP contribution in [0.15, 0.2) is 48.5 Å². The van der Waals surface area contributed by atoms with E-state index in [2.05, 4.69) is 5.32 Å². The van der Waals surface area contributed by atoms with Crippen molar-refractivity contribution in [3.05, 3.63) is 64.7 Å². The summed E-state index contributed by atoms with van der Waals surface area (Å²) in [4.78, 5) is 28.9. The summed E-state index contributed by atoms with van der Waals surface area (Å²) in [6.07, 6.45) is 0.684. The number of halogens is 1. The van der Waals surface area contributed by atoms with Crippen LogP contribution in [0.1, 0.15) is 22.3 Å². The van der Waals surface area contributed by atoms with Gasteiger partial charge in [0.05, 0.1) is 13.2 Å². The summed E-state index contributed by atoms with van der Waals surface area (Å²) in [6, 6.07) is 14.3. The Hall–Kier alpha value is -2.61. The van der Waals surface area contributed by atoms with Gasteiger partial charge in [0.2, 0.25) is 0 Å². The minimum Gasteiger partial charge on any atom is -0.378 e. The number of hydrogen-bond acceptors (Lipinski definition) is 4. The number of benzene rings is 2. The summed E-state index contributed by atoms with van der Waals surface area (Å²) >= 11 is 6.41. The summed E-state index contributed by atoms with van der Waals surface area (Å²) in [6.45, 7) is 3.53. The first-order valence-corrected chi connectivity index (χ1v) is 10.4. The van der Waals surface area contributed by atoms with Gasteiger partial charge in [-0.1, -0.05) is 29.8 Å². The molecule has 0 aliphatic carbocycles. The van der Waals surface area contributed by atoms with E-state index in [-0.39, 0.29) is 11.9 Å². The lowest BCUT2D eigenvalue weighted by Crippen LogP contribution is -2.43. The molecule has 0 bridgehead atoms. The number of hydrogen-bond donors (Lipinski definition) is 2. The number of nitrogens with one attached hydrogen (secondary N) is 1. The molecule has 0 saturated carbocycles. The minimum atomic E-state index is -0.174. The van der Waals surface area contributed by atoms with Crippen molar-refractivity contribution in [3.8, 4) is 0 Å². The van der Waals surface area contributed by atoms with Crippen molar-refractivity contribution >= 4 is 29.2 Å². The first-order chi connectivity index (χ1) is 14.6. The Kier molecular flexibility index (Phi) is 8.07. The highest BCUT2D eigenvalue weighted by atomic mass is 35.5. The lowest BCUT2D eigenvalue weighted by Gasteiger charge is -2.27. The van der Waals surface area contributed by atoms with Gasteiger partial charge in [-0.05, 0) is 48.9 Å². The Morgan fingerprint density at radius 1 is 1.13 bits per heavy atom. The number of morpholine rings is 1. The van der Waals surface area contributed by atoms with Gasteiger partial charge in [0, 0.05) is 42.5 Å². The molecule has 3 amide bonds. The number of urea groups is 1. The molecule has 1 aliphatic heterocycles. The molecule has 30 heavy (non-hydrogen) atoms. The second kappa shape index (κ2) is 11.0. The number of carbonyl (C=O) groups excluding carboxylic acids is 2. The molecule has 0 aromatic heterocycles. The Morgan fingerprint density at radius 3 is 2.57 bits per heavy atom. The smallest absolute Gasteiger partial charge is 0.321 e. The fourth-order valence-corrected chi connectivity index (χ4v) is 3.42. The van der Waals surface area contributed by atoms with Gasteiger partial charge in [-0.15, -0.1) is 0 Å². The van der Waals surface area contributed by atoms with Crippen molar-refractivity contribution < 1.29 is 14.3 Å². The van der Waals surface area contributed by atoms with Crippen LogP contribution in [0.2, 0.25) is 5.02 Å². The Labute approximate surface area is 181 Å². The van der Waals surface area contributed by atoms with E-state index in [4.69, 9.17) is 22.1 Å². The molecule has 8 heteroatoms. The van der Waals surface area contributed by atoms with Gasteiger partial charge in [0.1, 0.15) is 0 Å². The normalized spacial score (nSPS) is 13.7. The first-order valence-electron chi connectivity index (χ1n) is 10.0. The topological polar surface area (TPSA) is 87.9 Å². The van der Waals surface area contributed by atoms with E-state index in [0.29, 0.717) is 68.6 Å². The van der Waals surface area contributed by atoms with Crippen LogP contribution in [0.5, 0.6) is 0 Å². The van der Waals surface area contributed by atoms with Crippen LogP contribution in [0, 0.1) is 0 Å². The molecule has 0 radical (unpaired) electrons. The molecule has 2 aromatic rings. The maximum atomic E-state index is 13.0. The summed E-state index contributed by atoms with van der Waals surface area (Å²) in [5, 5.41) is 3.45. The molecule has 2 aromatic carbocycles. The first kappa shape index (κ1) is 22.1. The lowest BCUT2D eigenvalue weighted by molar-refractivity contribution is 0.0564. The largest absolute Gasteiger partial charge is 0.378 e. The Bertz CT molecular complexity index is 857. The highest BCUT2D eigenvalue weighted by molar-refractivity contribution is 6.31. The second-order valence-corrected chi connectivity index (χ2v) is 7.48. The molecule has 0 unspecified atom stereocenters. The third-order valence-electron chi connectivity index (χ3n) is 4.90. The summed E-state index contributed by atoms with van der Waals surface area (Å²) in [5.74, 6) is -0.0807. The number of anilines is 1. The molecular formula is C22H27ClN4O3. The zero-order valence-electron chi connectivity index (χ0n) is 16.9. The van der Waals surface area contributed by atoms with Crippen molar-refractivity contribution in [1.82, 2.24) is 9.80 Å². The third-order valence-corrected chi connectivity index (χ3v) is 5.27. The van der Waals surface area contributed by atoms with Crippen LogP contribution in [-0.2, 0) is 11.3 Å².